The number of benzene rings is 1. The Kier molecular flexibility index (Phi) is 7.69. The number of hydrogen-bond donors (Lipinski definition) is 0. The molecule has 15 heteroatoms. The van der Waals surface area contributed by atoms with Crippen molar-refractivity contribution < 1.29 is 31.9 Å². The first-order chi connectivity index (χ1) is 16.6. The molecule has 3 rings (SSSR count). The van der Waals surface area contributed by atoms with Crippen molar-refractivity contribution in [2.45, 2.75) is 37.8 Å². The lowest BCUT2D eigenvalue weighted by atomic mass is 10.2. The van der Waals surface area contributed by atoms with Gasteiger partial charge in [-0.25, -0.2) is 18.7 Å². The van der Waals surface area contributed by atoms with Crippen LogP contribution in [-0.2, 0) is 27.5 Å². The number of rotatable bonds is 5. The molecule has 0 radical (unpaired) electrons. The van der Waals surface area contributed by atoms with Gasteiger partial charge in [-0.3, -0.25) is 23.9 Å². The topological polar surface area (TPSA) is 103 Å². The highest BCUT2D eigenvalue weighted by atomic mass is 35.5. The van der Waals surface area contributed by atoms with Crippen molar-refractivity contribution in [3.05, 3.63) is 55.6 Å². The minimum absolute atomic E-state index is 0.0782. The third kappa shape index (κ3) is 5.48. The van der Waals surface area contributed by atoms with E-state index in [2.05, 4.69) is 4.99 Å². The highest BCUT2D eigenvalue weighted by Gasteiger charge is 2.38. The number of aromatic nitrogens is 2. The molecule has 0 aliphatic carbocycles. The highest BCUT2D eigenvalue weighted by molar-refractivity contribution is 8.15. The van der Waals surface area contributed by atoms with E-state index in [4.69, 9.17) is 16.3 Å². The van der Waals surface area contributed by atoms with Crippen molar-refractivity contribution in [1.29, 1.82) is 0 Å². The van der Waals surface area contributed by atoms with Crippen molar-refractivity contribution in [2.75, 3.05) is 7.05 Å². The van der Waals surface area contributed by atoms with Gasteiger partial charge in [0, 0.05) is 20.2 Å². The number of halogens is 5. The normalized spacial score (nSPS) is 17.4. The van der Waals surface area contributed by atoms with Crippen LogP contribution in [0.4, 0.5) is 23.2 Å². The summed E-state index contributed by atoms with van der Waals surface area (Å²) in [7, 11) is 2.17. The van der Waals surface area contributed by atoms with Crippen LogP contribution in [-0.4, -0.2) is 49.5 Å². The molecule has 2 heterocycles. The average Bonchev–Trinajstić information content (AvgIpc) is 3.00. The Morgan fingerprint density at radius 1 is 1.19 bits per heavy atom. The number of thioether (sulfide) groups is 1. The number of esters is 1. The van der Waals surface area contributed by atoms with Crippen molar-refractivity contribution in [3.63, 3.8) is 0 Å². The molecule has 1 aliphatic heterocycles. The fourth-order valence-electron chi connectivity index (χ4n) is 3.27. The van der Waals surface area contributed by atoms with Gasteiger partial charge in [0.25, 0.3) is 5.56 Å². The lowest BCUT2D eigenvalue weighted by molar-refractivity contribution is -0.148. The van der Waals surface area contributed by atoms with E-state index >= 15 is 0 Å². The monoisotopic (exact) mass is 550 g/mol. The zero-order chi connectivity index (χ0) is 27.1. The van der Waals surface area contributed by atoms with Crippen LogP contribution in [0.15, 0.2) is 32.8 Å². The molecule has 36 heavy (non-hydrogen) atoms. The molecule has 2 aromatic rings. The van der Waals surface area contributed by atoms with Crippen molar-refractivity contribution in [2.24, 2.45) is 12.0 Å². The van der Waals surface area contributed by atoms with Gasteiger partial charge in [-0.2, -0.15) is 13.2 Å². The predicted molar refractivity (Wildman–Crippen MR) is 124 cm³/mol. The summed E-state index contributed by atoms with van der Waals surface area (Å²) >= 11 is 6.99. The summed E-state index contributed by atoms with van der Waals surface area (Å²) in [6.07, 6.45) is -5.59. The van der Waals surface area contributed by atoms with Gasteiger partial charge in [-0.15, -0.1) is 0 Å². The first-order valence-corrected chi connectivity index (χ1v) is 11.5. The van der Waals surface area contributed by atoms with Crippen molar-refractivity contribution >= 4 is 46.1 Å². The maximum atomic E-state index is 14.7. The Balaban J connectivity index is 2.05. The van der Waals surface area contributed by atoms with Crippen LogP contribution in [0.25, 0.3) is 5.69 Å². The Labute approximate surface area is 210 Å². The second kappa shape index (κ2) is 10.1. The zero-order valence-electron chi connectivity index (χ0n) is 19.2. The molecule has 0 saturated carbocycles. The summed E-state index contributed by atoms with van der Waals surface area (Å²) < 4.78 is 59.5. The number of carbonyl (C=O) groups excluding carboxylic acids is 2. The number of aliphatic imine (C=N–C) groups is 1. The minimum Gasteiger partial charge on any atom is -0.463 e. The Bertz CT molecular complexity index is 1390. The Hall–Kier alpha value is -3.13. The molecule has 0 bridgehead atoms. The van der Waals surface area contributed by atoms with Crippen LogP contribution < -0.4 is 11.2 Å². The van der Waals surface area contributed by atoms with E-state index in [0.29, 0.717) is 0 Å². The third-order valence-corrected chi connectivity index (χ3v) is 6.48. The van der Waals surface area contributed by atoms with E-state index in [0.717, 1.165) is 35.8 Å². The zero-order valence-corrected chi connectivity index (χ0v) is 20.8. The number of amides is 1. The lowest BCUT2D eigenvalue weighted by Gasteiger charge is -2.15. The molecule has 1 aliphatic rings. The molecule has 194 valence electrons. The molecule has 1 atom stereocenters. The SMILES string of the molecule is CC(C)OC(=O)CC1S/C(=N\c2cc(-n3c(=O)cc(C(F)(F)F)n(C)c3=O)c(F)cc2Cl)N(C)C1=O. The lowest BCUT2D eigenvalue weighted by Crippen LogP contribution is -2.41. The molecule has 1 fully saturated rings. The number of carbonyl (C=O) groups is 2. The van der Waals surface area contributed by atoms with E-state index < -0.39 is 51.8 Å². The Morgan fingerprint density at radius 3 is 2.42 bits per heavy atom. The third-order valence-electron chi connectivity index (χ3n) is 4.94. The van der Waals surface area contributed by atoms with Crippen molar-refractivity contribution in [3.8, 4) is 5.69 Å². The summed E-state index contributed by atoms with van der Waals surface area (Å²) in [6.45, 7) is 3.31. The van der Waals surface area contributed by atoms with Gasteiger partial charge in [0.05, 0.1) is 28.9 Å². The van der Waals surface area contributed by atoms with Gasteiger partial charge in [0.15, 0.2) is 5.17 Å². The largest absolute Gasteiger partial charge is 0.463 e. The molecule has 1 aromatic heterocycles. The van der Waals surface area contributed by atoms with Crippen LogP contribution in [0.5, 0.6) is 0 Å². The van der Waals surface area contributed by atoms with Crippen molar-refractivity contribution in [1.82, 2.24) is 14.0 Å². The van der Waals surface area contributed by atoms with E-state index in [1.807, 2.05) is 0 Å². The van der Waals surface area contributed by atoms with Gasteiger partial charge >= 0.3 is 17.8 Å². The molecule has 0 N–H and O–H groups in total. The van der Waals surface area contributed by atoms with Crippen LogP contribution >= 0.6 is 23.4 Å². The van der Waals surface area contributed by atoms with E-state index in [-0.39, 0.29) is 43.6 Å². The second-order valence-corrected chi connectivity index (χ2v) is 9.52. The van der Waals surface area contributed by atoms with E-state index in [1.54, 1.807) is 13.8 Å². The van der Waals surface area contributed by atoms with Gasteiger partial charge in [-0.05, 0) is 26.0 Å². The van der Waals surface area contributed by atoms with Gasteiger partial charge in [0.1, 0.15) is 16.8 Å². The smallest absolute Gasteiger partial charge is 0.431 e. The van der Waals surface area contributed by atoms with Crippen LogP contribution in [0, 0.1) is 5.82 Å². The fraction of sp³-hybridized carbons (Fsp3) is 0.381. The van der Waals surface area contributed by atoms with E-state index in [1.165, 1.54) is 7.05 Å². The summed E-state index contributed by atoms with van der Waals surface area (Å²) in [4.78, 5) is 54.8. The highest BCUT2D eigenvalue weighted by Crippen LogP contribution is 2.35. The quantitative estimate of drug-likeness (QED) is 0.418. The van der Waals surface area contributed by atoms with Gasteiger partial charge in [0.2, 0.25) is 5.91 Å². The fourth-order valence-corrected chi connectivity index (χ4v) is 4.59. The average molecular weight is 551 g/mol. The molecular formula is C21H19ClF4N4O5S. The summed E-state index contributed by atoms with van der Waals surface area (Å²) in [5.41, 5.74) is -5.23. The molecule has 1 amide bonds. The molecule has 1 aromatic carbocycles. The molecule has 0 spiro atoms. The maximum absolute atomic E-state index is 14.7. The van der Waals surface area contributed by atoms with Crippen LogP contribution in [0.1, 0.15) is 26.0 Å². The van der Waals surface area contributed by atoms with Crippen LogP contribution in [0.2, 0.25) is 5.02 Å². The number of ether oxygens (including phenoxy) is 1. The molecule has 9 nitrogen and oxygen atoms in total. The van der Waals surface area contributed by atoms with Crippen LogP contribution in [0.3, 0.4) is 0 Å². The molecular weight excluding hydrogens is 532 g/mol. The Morgan fingerprint density at radius 2 is 1.83 bits per heavy atom. The number of amidine groups is 1. The summed E-state index contributed by atoms with van der Waals surface area (Å²) in [5, 5.41) is -1.03. The standard InChI is InChI=1S/C21H19ClF4N4O5S/c1-9(2)35-17(32)7-14-18(33)29(4)19(36-14)27-12-6-13(11(23)5-10(12)22)30-16(31)8-15(21(24,25)26)28(3)20(30)34/h5-6,8-9,14H,7H2,1-4H3/b27-19-. The second-order valence-electron chi connectivity index (χ2n) is 7.94. The summed E-state index contributed by atoms with van der Waals surface area (Å²) in [5.74, 6) is -2.21. The first kappa shape index (κ1) is 27.5. The molecule has 1 saturated heterocycles. The van der Waals surface area contributed by atoms with Gasteiger partial charge < -0.3 is 4.74 Å². The van der Waals surface area contributed by atoms with E-state index in [9.17, 15) is 36.7 Å². The predicted octanol–water partition coefficient (Wildman–Crippen LogP) is 3.25. The number of alkyl halides is 3. The minimum atomic E-state index is -4.99. The van der Waals surface area contributed by atoms with Gasteiger partial charge in [-0.1, -0.05) is 23.4 Å². The number of hydrogen-bond acceptors (Lipinski definition) is 7. The first-order valence-electron chi connectivity index (χ1n) is 10.2. The number of nitrogens with zero attached hydrogens (tertiary/aromatic N) is 4. The molecule has 1 unspecified atom stereocenters. The summed E-state index contributed by atoms with van der Waals surface area (Å²) in [6, 6.07) is 1.81. The maximum Gasteiger partial charge on any atom is 0.431 e.